The number of aryl methyl sites for hydroxylation is 1. The summed E-state index contributed by atoms with van der Waals surface area (Å²) < 4.78 is 0. The minimum atomic E-state index is -0.340. The maximum absolute atomic E-state index is 12.8. The van der Waals surface area contributed by atoms with Crippen LogP contribution >= 0.6 is 0 Å². The quantitative estimate of drug-likeness (QED) is 0.896. The maximum Gasteiger partial charge on any atom is 0.242 e. The Hall–Kier alpha value is -1.42. The molecule has 1 saturated heterocycles. The molecule has 4 nitrogen and oxygen atoms in total. The molecule has 2 heterocycles. The normalized spacial score (nSPS) is 21.9. The number of hydrogen-bond acceptors (Lipinski definition) is 3. The molecule has 1 fully saturated rings. The van der Waals surface area contributed by atoms with Crippen LogP contribution in [0.3, 0.4) is 0 Å². The number of rotatable bonds is 5. The summed E-state index contributed by atoms with van der Waals surface area (Å²) >= 11 is 0. The Bertz CT molecular complexity index is 467. The third-order valence-electron chi connectivity index (χ3n) is 4.02. The van der Waals surface area contributed by atoms with E-state index in [0.717, 1.165) is 43.6 Å². The molecular formula is C16H25N3O. The summed E-state index contributed by atoms with van der Waals surface area (Å²) in [5, 5.41) is 3.44. The Morgan fingerprint density at radius 1 is 1.50 bits per heavy atom. The first-order valence-corrected chi connectivity index (χ1v) is 7.50. The molecule has 0 aliphatic carbocycles. The van der Waals surface area contributed by atoms with Crippen molar-refractivity contribution in [3.63, 3.8) is 0 Å². The monoisotopic (exact) mass is 275 g/mol. The van der Waals surface area contributed by atoms with E-state index in [0.29, 0.717) is 6.54 Å². The number of likely N-dealkylation sites (N-methyl/N-ethyl adjacent to an activating group) is 1. The largest absolute Gasteiger partial charge is 0.338 e. The van der Waals surface area contributed by atoms with Gasteiger partial charge in [-0.05, 0) is 44.9 Å². The molecule has 1 aromatic rings. The third kappa shape index (κ3) is 3.18. The lowest BCUT2D eigenvalue weighted by Gasteiger charge is -2.32. The van der Waals surface area contributed by atoms with E-state index in [4.69, 9.17) is 0 Å². The SMILES string of the molecule is CCCC1(C(=O)N(C)Cc2cccc(C)n2)CCCN1. The average Bonchev–Trinajstić information content (AvgIpc) is 2.88. The number of carbonyl (C=O) groups is 1. The molecule has 1 aliphatic heterocycles. The zero-order chi connectivity index (χ0) is 14.6. The number of aromatic nitrogens is 1. The fourth-order valence-corrected chi connectivity index (χ4v) is 3.10. The van der Waals surface area contributed by atoms with Crippen LogP contribution in [0.5, 0.6) is 0 Å². The fraction of sp³-hybridized carbons (Fsp3) is 0.625. The highest BCUT2D eigenvalue weighted by molar-refractivity contribution is 5.86. The molecule has 0 radical (unpaired) electrons. The average molecular weight is 275 g/mol. The highest BCUT2D eigenvalue weighted by atomic mass is 16.2. The molecule has 0 spiro atoms. The van der Waals surface area contributed by atoms with Crippen molar-refractivity contribution in [3.8, 4) is 0 Å². The molecule has 20 heavy (non-hydrogen) atoms. The molecule has 1 amide bonds. The van der Waals surface area contributed by atoms with Crippen LogP contribution in [0.15, 0.2) is 18.2 Å². The molecule has 0 bridgehead atoms. The topological polar surface area (TPSA) is 45.2 Å². The van der Waals surface area contributed by atoms with Gasteiger partial charge in [-0.3, -0.25) is 9.78 Å². The van der Waals surface area contributed by atoms with Gasteiger partial charge in [0.2, 0.25) is 5.91 Å². The van der Waals surface area contributed by atoms with Crippen molar-refractivity contribution in [2.45, 2.75) is 51.6 Å². The molecular weight excluding hydrogens is 250 g/mol. The van der Waals surface area contributed by atoms with Gasteiger partial charge in [0.15, 0.2) is 0 Å². The van der Waals surface area contributed by atoms with E-state index in [1.165, 1.54) is 0 Å². The van der Waals surface area contributed by atoms with Gasteiger partial charge in [-0.1, -0.05) is 19.4 Å². The molecule has 110 valence electrons. The number of pyridine rings is 1. The number of hydrogen-bond donors (Lipinski definition) is 1. The zero-order valence-corrected chi connectivity index (χ0v) is 12.8. The van der Waals surface area contributed by atoms with Crippen molar-refractivity contribution in [2.24, 2.45) is 0 Å². The van der Waals surface area contributed by atoms with E-state index in [9.17, 15) is 4.79 Å². The number of amides is 1. The summed E-state index contributed by atoms with van der Waals surface area (Å²) in [7, 11) is 1.88. The van der Waals surface area contributed by atoms with Crippen LogP contribution < -0.4 is 5.32 Å². The first-order chi connectivity index (χ1) is 9.57. The zero-order valence-electron chi connectivity index (χ0n) is 12.8. The van der Waals surface area contributed by atoms with Crippen molar-refractivity contribution >= 4 is 5.91 Å². The van der Waals surface area contributed by atoms with Gasteiger partial charge in [0.05, 0.1) is 17.8 Å². The Morgan fingerprint density at radius 3 is 2.90 bits per heavy atom. The first kappa shape index (κ1) is 15.0. The molecule has 1 aliphatic rings. The van der Waals surface area contributed by atoms with Gasteiger partial charge < -0.3 is 10.2 Å². The predicted octanol–water partition coefficient (Wildman–Crippen LogP) is 2.27. The Labute approximate surface area is 121 Å². The second-order valence-electron chi connectivity index (χ2n) is 5.79. The van der Waals surface area contributed by atoms with E-state index >= 15 is 0 Å². The lowest BCUT2D eigenvalue weighted by atomic mass is 9.90. The van der Waals surface area contributed by atoms with E-state index in [1.54, 1.807) is 0 Å². The molecule has 1 aromatic heterocycles. The van der Waals surface area contributed by atoms with Crippen LogP contribution in [0, 0.1) is 6.92 Å². The van der Waals surface area contributed by atoms with Gasteiger partial charge in [0, 0.05) is 12.7 Å². The molecule has 0 saturated carbocycles. The smallest absolute Gasteiger partial charge is 0.242 e. The first-order valence-electron chi connectivity index (χ1n) is 7.50. The highest BCUT2D eigenvalue weighted by Crippen LogP contribution is 2.27. The Balaban J connectivity index is 2.07. The van der Waals surface area contributed by atoms with Crippen molar-refractivity contribution in [2.75, 3.05) is 13.6 Å². The molecule has 1 atom stereocenters. The number of nitrogens with zero attached hydrogens (tertiary/aromatic N) is 2. The van der Waals surface area contributed by atoms with Gasteiger partial charge in [0.1, 0.15) is 0 Å². The molecule has 2 rings (SSSR count). The minimum Gasteiger partial charge on any atom is -0.338 e. The standard InChI is InChI=1S/C16H25N3O/c1-4-9-16(10-6-11-17-16)15(20)19(3)12-14-8-5-7-13(2)18-14/h5,7-8,17H,4,6,9-12H2,1-3H3. The van der Waals surface area contributed by atoms with Crippen LogP contribution in [0.4, 0.5) is 0 Å². The third-order valence-corrected chi connectivity index (χ3v) is 4.02. The summed E-state index contributed by atoms with van der Waals surface area (Å²) in [6, 6.07) is 5.94. The van der Waals surface area contributed by atoms with Crippen LogP contribution in [-0.4, -0.2) is 34.9 Å². The molecule has 4 heteroatoms. The summed E-state index contributed by atoms with van der Waals surface area (Å²) in [6.45, 7) is 5.63. The van der Waals surface area contributed by atoms with Crippen molar-refractivity contribution in [1.29, 1.82) is 0 Å². The predicted molar refractivity (Wildman–Crippen MR) is 80.3 cm³/mol. The summed E-state index contributed by atoms with van der Waals surface area (Å²) in [5.41, 5.74) is 1.60. The summed E-state index contributed by atoms with van der Waals surface area (Å²) in [6.07, 6.45) is 3.97. The van der Waals surface area contributed by atoms with Crippen molar-refractivity contribution < 1.29 is 4.79 Å². The maximum atomic E-state index is 12.8. The van der Waals surface area contributed by atoms with Crippen LogP contribution in [0.1, 0.15) is 44.0 Å². The number of nitrogens with one attached hydrogen (secondary N) is 1. The van der Waals surface area contributed by atoms with E-state index in [-0.39, 0.29) is 11.4 Å². The van der Waals surface area contributed by atoms with Gasteiger partial charge in [-0.15, -0.1) is 0 Å². The highest BCUT2D eigenvalue weighted by Gasteiger charge is 2.41. The van der Waals surface area contributed by atoms with E-state index in [2.05, 4.69) is 17.2 Å². The molecule has 1 unspecified atom stereocenters. The van der Waals surface area contributed by atoms with Crippen LogP contribution in [0.25, 0.3) is 0 Å². The lowest BCUT2D eigenvalue weighted by molar-refractivity contribution is -0.137. The Morgan fingerprint density at radius 2 is 2.30 bits per heavy atom. The van der Waals surface area contributed by atoms with Gasteiger partial charge >= 0.3 is 0 Å². The lowest BCUT2D eigenvalue weighted by Crippen LogP contribution is -2.53. The fourth-order valence-electron chi connectivity index (χ4n) is 3.10. The van der Waals surface area contributed by atoms with Gasteiger partial charge in [-0.25, -0.2) is 0 Å². The number of carbonyl (C=O) groups excluding carboxylic acids is 1. The second kappa shape index (κ2) is 6.35. The molecule has 1 N–H and O–H groups in total. The van der Waals surface area contributed by atoms with Crippen molar-refractivity contribution in [1.82, 2.24) is 15.2 Å². The van der Waals surface area contributed by atoms with Gasteiger partial charge in [0.25, 0.3) is 0 Å². The van der Waals surface area contributed by atoms with E-state index in [1.807, 2.05) is 37.1 Å². The van der Waals surface area contributed by atoms with Crippen LogP contribution in [-0.2, 0) is 11.3 Å². The van der Waals surface area contributed by atoms with Gasteiger partial charge in [-0.2, -0.15) is 0 Å². The van der Waals surface area contributed by atoms with E-state index < -0.39 is 0 Å². The van der Waals surface area contributed by atoms with Crippen molar-refractivity contribution in [3.05, 3.63) is 29.6 Å². The second-order valence-corrected chi connectivity index (χ2v) is 5.79. The van der Waals surface area contributed by atoms with Crippen LogP contribution in [0.2, 0.25) is 0 Å². The Kier molecular flexibility index (Phi) is 4.76. The molecule has 0 aromatic carbocycles. The summed E-state index contributed by atoms with van der Waals surface area (Å²) in [4.78, 5) is 19.1. The summed E-state index contributed by atoms with van der Waals surface area (Å²) in [5.74, 6) is 0.208. The minimum absolute atomic E-state index is 0.208.